The molecular weight excluding hydrogens is 158 g/mol. The van der Waals surface area contributed by atoms with Crippen LogP contribution in [0, 0.1) is 5.41 Å². The summed E-state index contributed by atoms with van der Waals surface area (Å²) in [7, 11) is 0. The fourth-order valence-corrected chi connectivity index (χ4v) is 1.07. The maximum atomic E-state index is 7.53. The van der Waals surface area contributed by atoms with Crippen molar-refractivity contribution in [2.45, 2.75) is 13.8 Å². The van der Waals surface area contributed by atoms with Crippen LogP contribution in [0.25, 0.3) is 0 Å². The van der Waals surface area contributed by atoms with Crippen molar-refractivity contribution in [2.24, 2.45) is 9.39 Å². The Bertz CT molecular complexity index is 282. The molecule has 1 heterocycles. The first kappa shape index (κ1) is 8.20. The number of hydrogen-bond acceptors (Lipinski definition) is 4. The second-order valence-electron chi connectivity index (χ2n) is 2.35. The molecule has 11 heavy (non-hydrogen) atoms. The molecule has 1 N–H and O–H groups in total. The molecule has 0 fully saturated rings. The van der Waals surface area contributed by atoms with E-state index in [1.54, 1.807) is 13.1 Å². The summed E-state index contributed by atoms with van der Waals surface area (Å²) >= 11 is 3.77. The molecule has 0 saturated heterocycles. The second-order valence-corrected chi connectivity index (χ2v) is 2.55. The Labute approximate surface area is 71.0 Å². The van der Waals surface area contributed by atoms with Crippen LogP contribution in [0.15, 0.2) is 21.2 Å². The molecule has 0 aliphatic carbocycles. The van der Waals surface area contributed by atoms with Crippen molar-refractivity contribution in [1.82, 2.24) is 0 Å². The molecule has 58 valence electrons. The van der Waals surface area contributed by atoms with E-state index in [0.717, 1.165) is 5.57 Å². The highest BCUT2D eigenvalue weighted by atomic mass is 32.1. The number of thiol groups is 1. The Morgan fingerprint density at radius 2 is 2.18 bits per heavy atom. The quantitative estimate of drug-likeness (QED) is 0.516. The molecule has 0 saturated carbocycles. The number of rotatable bonds is 0. The fourth-order valence-electron chi connectivity index (χ4n) is 0.817. The third kappa shape index (κ3) is 1.40. The molecule has 0 atom stereocenters. The van der Waals surface area contributed by atoms with Gasteiger partial charge in [-0.1, -0.05) is 0 Å². The summed E-state index contributed by atoms with van der Waals surface area (Å²) in [4.78, 5) is 4.01. The summed E-state index contributed by atoms with van der Waals surface area (Å²) in [5.74, 6) is 0. The van der Waals surface area contributed by atoms with Gasteiger partial charge in [-0.15, -0.1) is 0 Å². The molecule has 0 amide bonds. The highest BCUT2D eigenvalue weighted by molar-refractivity contribution is 7.79. The predicted octanol–water partition coefficient (Wildman–Crippen LogP) is 1.67. The van der Waals surface area contributed by atoms with Gasteiger partial charge in [-0.2, -0.15) is 0 Å². The largest absolute Gasteiger partial charge is 0.297 e. The minimum absolute atomic E-state index is 0.361. The lowest BCUT2D eigenvalue weighted by Crippen LogP contribution is -2.24. The van der Waals surface area contributed by atoms with E-state index in [0.29, 0.717) is 17.1 Å². The van der Waals surface area contributed by atoms with Crippen LogP contribution in [-0.4, -0.2) is 17.1 Å². The van der Waals surface area contributed by atoms with Gasteiger partial charge in [0.05, 0.1) is 5.71 Å². The van der Waals surface area contributed by atoms with Gasteiger partial charge in [-0.3, -0.25) is 10.4 Å². The first-order valence-corrected chi connectivity index (χ1v) is 3.59. The predicted molar refractivity (Wildman–Crippen MR) is 51.0 cm³/mol. The molecule has 1 aliphatic heterocycles. The first-order chi connectivity index (χ1) is 5.16. The number of hydrogen-bond donors (Lipinski definition) is 2. The molecule has 0 bridgehead atoms. The Balaban J connectivity index is 3.13. The Hall–Kier alpha value is -0.900. The van der Waals surface area contributed by atoms with Crippen molar-refractivity contribution < 1.29 is 0 Å². The molecule has 3 nitrogen and oxygen atoms in total. The monoisotopic (exact) mass is 167 g/mol. The molecule has 4 heteroatoms. The Kier molecular flexibility index (Phi) is 2.24. The number of allylic oxidation sites excluding steroid dienone is 1. The van der Waals surface area contributed by atoms with Crippen molar-refractivity contribution in [3.8, 4) is 0 Å². The van der Waals surface area contributed by atoms with Gasteiger partial charge >= 0.3 is 0 Å². The van der Waals surface area contributed by atoms with Crippen molar-refractivity contribution in [3.63, 3.8) is 0 Å². The molecule has 1 aliphatic rings. The van der Waals surface area contributed by atoms with Crippen LogP contribution in [0.1, 0.15) is 13.8 Å². The number of aliphatic imine (C=N–C) groups is 1. The summed E-state index contributed by atoms with van der Waals surface area (Å²) < 4.78 is 3.70. The van der Waals surface area contributed by atoms with E-state index in [4.69, 9.17) is 5.41 Å². The van der Waals surface area contributed by atoms with Gasteiger partial charge in [0.2, 0.25) is 0 Å². The van der Waals surface area contributed by atoms with Gasteiger partial charge in [0.25, 0.3) is 0 Å². The summed E-state index contributed by atoms with van der Waals surface area (Å²) in [5.41, 5.74) is 2.54. The molecule has 0 radical (unpaired) electrons. The van der Waals surface area contributed by atoms with Crippen LogP contribution in [0.5, 0.6) is 0 Å². The molecular formula is C7H9N3S. The van der Waals surface area contributed by atoms with E-state index in [9.17, 15) is 0 Å². The van der Waals surface area contributed by atoms with Crippen LogP contribution < -0.4 is 0 Å². The SMILES string of the molecule is CC1=CN=C(C)C(=N)/C1=N\S. The molecule has 0 aromatic carbocycles. The van der Waals surface area contributed by atoms with Crippen molar-refractivity contribution in [2.75, 3.05) is 0 Å². The van der Waals surface area contributed by atoms with E-state index in [-0.39, 0.29) is 0 Å². The normalized spacial score (nSPS) is 21.7. The topological polar surface area (TPSA) is 48.6 Å². The summed E-state index contributed by atoms with van der Waals surface area (Å²) in [6.07, 6.45) is 1.70. The van der Waals surface area contributed by atoms with Gasteiger partial charge in [0.1, 0.15) is 11.4 Å². The first-order valence-electron chi connectivity index (χ1n) is 3.19. The standard InChI is InChI=1S/C7H9N3S/c1-4-3-9-5(2)6(8)7(4)10-11/h3,8,11H,1-2H3/b8-6?,10-7-. The van der Waals surface area contributed by atoms with E-state index in [1.165, 1.54) is 0 Å². The van der Waals surface area contributed by atoms with Crippen LogP contribution in [-0.2, 0) is 0 Å². The molecule has 0 spiro atoms. The fraction of sp³-hybridized carbons (Fsp3) is 0.286. The molecule has 0 unspecified atom stereocenters. The Morgan fingerprint density at radius 1 is 1.55 bits per heavy atom. The molecule has 1 rings (SSSR count). The van der Waals surface area contributed by atoms with Crippen LogP contribution in [0.2, 0.25) is 0 Å². The van der Waals surface area contributed by atoms with Crippen molar-refractivity contribution in [1.29, 1.82) is 5.41 Å². The number of nitrogens with zero attached hydrogens (tertiary/aromatic N) is 2. The van der Waals surface area contributed by atoms with E-state index in [1.807, 2.05) is 6.92 Å². The number of nitrogens with one attached hydrogen (secondary N) is 1. The van der Waals surface area contributed by atoms with E-state index in [2.05, 4.69) is 22.2 Å². The maximum absolute atomic E-state index is 7.53. The summed E-state index contributed by atoms with van der Waals surface area (Å²) in [6, 6.07) is 0. The van der Waals surface area contributed by atoms with Gasteiger partial charge in [-0.25, -0.2) is 4.40 Å². The molecule has 0 aromatic rings. The minimum Gasteiger partial charge on any atom is -0.297 e. The van der Waals surface area contributed by atoms with Crippen molar-refractivity contribution in [3.05, 3.63) is 11.8 Å². The van der Waals surface area contributed by atoms with Gasteiger partial charge in [0.15, 0.2) is 0 Å². The minimum atomic E-state index is 0.361. The second kappa shape index (κ2) is 3.00. The van der Waals surface area contributed by atoms with Gasteiger partial charge in [0, 0.05) is 6.20 Å². The zero-order valence-corrected chi connectivity index (χ0v) is 7.31. The summed E-state index contributed by atoms with van der Waals surface area (Å²) in [5, 5.41) is 7.53. The van der Waals surface area contributed by atoms with Crippen LogP contribution >= 0.6 is 12.8 Å². The Morgan fingerprint density at radius 3 is 2.64 bits per heavy atom. The van der Waals surface area contributed by atoms with Gasteiger partial charge in [-0.05, 0) is 32.2 Å². The van der Waals surface area contributed by atoms with E-state index >= 15 is 0 Å². The average molecular weight is 167 g/mol. The zero-order valence-electron chi connectivity index (χ0n) is 6.42. The lowest BCUT2D eigenvalue weighted by Gasteiger charge is -2.10. The lowest BCUT2D eigenvalue weighted by molar-refractivity contribution is 1.42. The van der Waals surface area contributed by atoms with E-state index < -0.39 is 0 Å². The highest BCUT2D eigenvalue weighted by Gasteiger charge is 2.14. The van der Waals surface area contributed by atoms with Crippen LogP contribution in [0.4, 0.5) is 0 Å². The van der Waals surface area contributed by atoms with Crippen LogP contribution in [0.3, 0.4) is 0 Å². The molecule has 0 aromatic heterocycles. The third-order valence-corrected chi connectivity index (χ3v) is 1.72. The third-order valence-electron chi connectivity index (χ3n) is 1.52. The van der Waals surface area contributed by atoms with Gasteiger partial charge < -0.3 is 0 Å². The van der Waals surface area contributed by atoms with Crippen molar-refractivity contribution >= 4 is 29.9 Å². The highest BCUT2D eigenvalue weighted by Crippen LogP contribution is 2.07. The zero-order chi connectivity index (χ0) is 8.43. The summed E-state index contributed by atoms with van der Waals surface area (Å²) in [6.45, 7) is 3.64. The maximum Gasteiger partial charge on any atom is 0.102 e. The lowest BCUT2D eigenvalue weighted by atomic mass is 10.0. The average Bonchev–Trinajstić information content (AvgIpc) is 1.99. The smallest absolute Gasteiger partial charge is 0.102 e.